The van der Waals surface area contributed by atoms with Crippen LogP contribution in [0.3, 0.4) is 0 Å². The minimum absolute atomic E-state index is 0.00622. The van der Waals surface area contributed by atoms with Gasteiger partial charge < -0.3 is 14.7 Å². The van der Waals surface area contributed by atoms with Crippen molar-refractivity contribution in [2.45, 2.75) is 25.9 Å². The third kappa shape index (κ3) is 4.41. The molecule has 1 fully saturated rings. The summed E-state index contributed by atoms with van der Waals surface area (Å²) < 4.78 is 28.3. The third-order valence-electron chi connectivity index (χ3n) is 3.69. The van der Waals surface area contributed by atoms with Crippen LogP contribution in [-0.4, -0.2) is 41.6 Å². The van der Waals surface area contributed by atoms with Crippen molar-refractivity contribution in [3.63, 3.8) is 0 Å². The number of carbonyl (C=O) groups is 2. The van der Waals surface area contributed by atoms with E-state index in [0.717, 1.165) is 0 Å². The summed E-state index contributed by atoms with van der Waals surface area (Å²) in [6.45, 7) is -1.88. The Morgan fingerprint density at radius 3 is 2.32 bits per heavy atom. The molecule has 1 amide bonds. The Bertz CT molecular complexity index is 525. The van der Waals surface area contributed by atoms with Gasteiger partial charge in [0.15, 0.2) is 0 Å². The van der Waals surface area contributed by atoms with Crippen LogP contribution in [0.5, 0.6) is 5.75 Å². The van der Waals surface area contributed by atoms with Crippen molar-refractivity contribution >= 4 is 11.9 Å². The lowest BCUT2D eigenvalue weighted by Crippen LogP contribution is -2.38. The highest BCUT2D eigenvalue weighted by atomic mass is 19.3. The van der Waals surface area contributed by atoms with Gasteiger partial charge in [0.25, 0.3) is 5.91 Å². The van der Waals surface area contributed by atoms with Crippen LogP contribution in [0.25, 0.3) is 0 Å². The maximum Gasteiger partial charge on any atom is 0.387 e. The first-order valence-electron chi connectivity index (χ1n) is 7.01. The van der Waals surface area contributed by atoms with Crippen LogP contribution in [-0.2, 0) is 4.79 Å². The number of aliphatic carboxylic acids is 1. The minimum Gasteiger partial charge on any atom is -0.481 e. The fraction of sp³-hybridized carbons (Fsp3) is 0.467. The molecule has 1 aromatic rings. The number of rotatable bonds is 5. The zero-order valence-electron chi connectivity index (χ0n) is 11.9. The molecule has 2 rings (SSSR count). The average Bonchev–Trinajstić information content (AvgIpc) is 2.47. The third-order valence-corrected chi connectivity index (χ3v) is 3.69. The van der Waals surface area contributed by atoms with Gasteiger partial charge in [-0.2, -0.15) is 8.78 Å². The molecule has 1 heterocycles. The lowest BCUT2D eigenvalue weighted by atomic mass is 9.93. The number of hydrogen-bond donors (Lipinski definition) is 1. The van der Waals surface area contributed by atoms with E-state index in [-0.39, 0.29) is 24.0 Å². The van der Waals surface area contributed by atoms with Gasteiger partial charge in [0.05, 0.1) is 0 Å². The molecule has 0 radical (unpaired) electrons. The predicted molar refractivity (Wildman–Crippen MR) is 74.0 cm³/mol. The maximum absolute atomic E-state index is 12.3. The number of nitrogens with zero attached hydrogens (tertiary/aromatic N) is 1. The Morgan fingerprint density at radius 1 is 1.23 bits per heavy atom. The molecule has 1 aliphatic heterocycles. The summed E-state index contributed by atoms with van der Waals surface area (Å²) in [5.41, 5.74) is 0.401. The molecule has 0 saturated carbocycles. The molecule has 22 heavy (non-hydrogen) atoms. The van der Waals surface area contributed by atoms with E-state index in [2.05, 4.69) is 4.74 Å². The number of ether oxygens (including phenoxy) is 1. The van der Waals surface area contributed by atoms with E-state index in [9.17, 15) is 18.4 Å². The molecule has 1 saturated heterocycles. The van der Waals surface area contributed by atoms with Crippen molar-refractivity contribution < 1.29 is 28.2 Å². The lowest BCUT2D eigenvalue weighted by Gasteiger charge is -2.31. The molecule has 0 aromatic heterocycles. The van der Waals surface area contributed by atoms with Crippen molar-refractivity contribution in [2.24, 2.45) is 5.92 Å². The molecule has 0 atom stereocenters. The SMILES string of the molecule is O=C(O)CC1CCN(C(=O)c2ccc(OC(F)F)cc2)CC1. The van der Waals surface area contributed by atoms with E-state index < -0.39 is 12.6 Å². The molecule has 0 aliphatic carbocycles. The Kier molecular flexibility index (Phi) is 5.30. The molecule has 7 heteroatoms. The summed E-state index contributed by atoms with van der Waals surface area (Å²) in [4.78, 5) is 24.6. The van der Waals surface area contributed by atoms with Crippen LogP contribution < -0.4 is 4.74 Å². The predicted octanol–water partition coefficient (Wildman–Crippen LogP) is 2.61. The second-order valence-electron chi connectivity index (χ2n) is 5.24. The van der Waals surface area contributed by atoms with Gasteiger partial charge >= 0.3 is 12.6 Å². The van der Waals surface area contributed by atoms with Crippen molar-refractivity contribution in [1.29, 1.82) is 0 Å². The Morgan fingerprint density at radius 2 is 1.82 bits per heavy atom. The smallest absolute Gasteiger partial charge is 0.387 e. The van der Waals surface area contributed by atoms with E-state index in [1.807, 2.05) is 0 Å². The highest BCUT2D eigenvalue weighted by Gasteiger charge is 2.25. The lowest BCUT2D eigenvalue weighted by molar-refractivity contribution is -0.138. The number of carboxylic acids is 1. The monoisotopic (exact) mass is 313 g/mol. The van der Waals surface area contributed by atoms with Gasteiger partial charge in [0.1, 0.15) is 5.75 Å². The van der Waals surface area contributed by atoms with E-state index in [0.29, 0.717) is 31.5 Å². The van der Waals surface area contributed by atoms with Crippen LogP contribution in [0.15, 0.2) is 24.3 Å². The number of benzene rings is 1. The van der Waals surface area contributed by atoms with Crippen LogP contribution in [0.1, 0.15) is 29.6 Å². The molecule has 1 aromatic carbocycles. The van der Waals surface area contributed by atoms with Crippen LogP contribution >= 0.6 is 0 Å². The van der Waals surface area contributed by atoms with Gasteiger partial charge in [-0.1, -0.05) is 0 Å². The molecule has 1 N–H and O–H groups in total. The standard InChI is InChI=1S/C15H17F2NO4/c16-15(17)22-12-3-1-11(2-4-12)14(21)18-7-5-10(6-8-18)9-13(19)20/h1-4,10,15H,5-9H2,(H,19,20). The van der Waals surface area contributed by atoms with Crippen LogP contribution in [0.4, 0.5) is 8.78 Å². The summed E-state index contributed by atoms with van der Waals surface area (Å²) in [5.74, 6) is -0.896. The summed E-state index contributed by atoms with van der Waals surface area (Å²) in [7, 11) is 0. The maximum atomic E-state index is 12.3. The molecular formula is C15H17F2NO4. The van der Waals surface area contributed by atoms with Gasteiger partial charge in [0.2, 0.25) is 0 Å². The van der Waals surface area contributed by atoms with Gasteiger partial charge in [-0.15, -0.1) is 0 Å². The normalized spacial score (nSPS) is 15.9. The second-order valence-corrected chi connectivity index (χ2v) is 5.24. The molecule has 120 valence electrons. The quantitative estimate of drug-likeness (QED) is 0.907. The highest BCUT2D eigenvalue weighted by molar-refractivity contribution is 5.94. The van der Waals surface area contributed by atoms with Gasteiger partial charge in [-0.05, 0) is 43.0 Å². The van der Waals surface area contributed by atoms with E-state index >= 15 is 0 Å². The first kappa shape index (κ1) is 16.2. The number of amides is 1. The highest BCUT2D eigenvalue weighted by Crippen LogP contribution is 2.22. The Labute approximate surface area is 126 Å². The van der Waals surface area contributed by atoms with Crippen molar-refractivity contribution in [2.75, 3.05) is 13.1 Å². The zero-order chi connectivity index (χ0) is 16.1. The number of piperidine rings is 1. The molecule has 5 nitrogen and oxygen atoms in total. The van der Waals surface area contributed by atoms with Gasteiger partial charge in [-0.25, -0.2) is 0 Å². The Balaban J connectivity index is 1.91. The summed E-state index contributed by atoms with van der Waals surface area (Å²) in [6.07, 6.45) is 1.44. The molecule has 0 spiro atoms. The zero-order valence-corrected chi connectivity index (χ0v) is 11.9. The largest absolute Gasteiger partial charge is 0.481 e. The van der Waals surface area contributed by atoms with Crippen molar-refractivity contribution in [1.82, 2.24) is 4.90 Å². The van der Waals surface area contributed by atoms with Crippen molar-refractivity contribution in [3.8, 4) is 5.75 Å². The molecular weight excluding hydrogens is 296 g/mol. The number of carbonyl (C=O) groups excluding carboxylic acids is 1. The topological polar surface area (TPSA) is 66.8 Å². The number of alkyl halides is 2. The van der Waals surface area contributed by atoms with Gasteiger partial charge in [0, 0.05) is 25.1 Å². The summed E-state index contributed by atoms with van der Waals surface area (Å²) in [5, 5.41) is 8.76. The Hall–Kier alpha value is -2.18. The number of hydrogen-bond acceptors (Lipinski definition) is 3. The van der Waals surface area contributed by atoms with Crippen LogP contribution in [0, 0.1) is 5.92 Å². The number of likely N-dealkylation sites (tertiary alicyclic amines) is 1. The fourth-order valence-electron chi connectivity index (χ4n) is 2.55. The summed E-state index contributed by atoms with van der Waals surface area (Å²) >= 11 is 0. The first-order valence-corrected chi connectivity index (χ1v) is 7.01. The minimum atomic E-state index is -2.89. The number of carboxylic acid groups (broad SMARTS) is 1. The van der Waals surface area contributed by atoms with Crippen molar-refractivity contribution in [3.05, 3.63) is 29.8 Å². The molecule has 0 bridgehead atoms. The van der Waals surface area contributed by atoms with Gasteiger partial charge in [-0.3, -0.25) is 9.59 Å². The van der Waals surface area contributed by atoms with E-state index in [1.54, 1.807) is 4.90 Å². The second kappa shape index (κ2) is 7.20. The fourth-order valence-corrected chi connectivity index (χ4v) is 2.55. The average molecular weight is 313 g/mol. The first-order chi connectivity index (χ1) is 10.5. The van der Waals surface area contributed by atoms with E-state index in [1.165, 1.54) is 24.3 Å². The number of halogens is 2. The van der Waals surface area contributed by atoms with E-state index in [4.69, 9.17) is 5.11 Å². The molecule has 0 unspecified atom stereocenters. The van der Waals surface area contributed by atoms with Crippen LogP contribution in [0.2, 0.25) is 0 Å². The summed E-state index contributed by atoms with van der Waals surface area (Å²) in [6, 6.07) is 5.56. The molecule has 1 aliphatic rings.